The minimum atomic E-state index is 0.0426. The molecule has 16 heavy (non-hydrogen) atoms. The van der Waals surface area contributed by atoms with Crippen LogP contribution in [0.1, 0.15) is 39.5 Å². The highest BCUT2D eigenvalue weighted by Crippen LogP contribution is 2.16. The lowest BCUT2D eigenvalue weighted by molar-refractivity contribution is -0.138. The van der Waals surface area contributed by atoms with Gasteiger partial charge in [-0.25, -0.2) is 0 Å². The summed E-state index contributed by atoms with van der Waals surface area (Å²) in [6.45, 7) is 9.79. The summed E-state index contributed by atoms with van der Waals surface area (Å²) in [5, 5.41) is 3.33. The molecule has 0 aromatic rings. The molecule has 0 saturated carbocycles. The Kier molecular flexibility index (Phi) is 5.53. The fourth-order valence-electron chi connectivity index (χ4n) is 2.21. The lowest BCUT2D eigenvalue weighted by Crippen LogP contribution is -2.53. The van der Waals surface area contributed by atoms with E-state index in [4.69, 9.17) is 0 Å². The number of hydrogen-bond donors (Lipinski definition) is 1. The summed E-state index contributed by atoms with van der Waals surface area (Å²) in [5.41, 5.74) is 0. The Bertz CT molecular complexity index is 240. The monoisotopic (exact) mass is 224 g/mol. The van der Waals surface area contributed by atoms with Gasteiger partial charge < -0.3 is 10.2 Å². The van der Waals surface area contributed by atoms with E-state index in [2.05, 4.69) is 25.7 Å². The quantitative estimate of drug-likeness (QED) is 0.699. The molecule has 0 bridgehead atoms. The Labute approximate surface area is 98.9 Å². The maximum Gasteiger partial charge on any atom is 0.239 e. The van der Waals surface area contributed by atoms with Crippen molar-refractivity contribution in [2.45, 2.75) is 51.6 Å². The van der Waals surface area contributed by atoms with E-state index < -0.39 is 0 Å². The van der Waals surface area contributed by atoms with E-state index >= 15 is 0 Å². The lowest BCUT2D eigenvalue weighted by atomic mass is 10.0. The Balaban J connectivity index is 2.52. The molecule has 2 unspecified atom stereocenters. The van der Waals surface area contributed by atoms with Gasteiger partial charge in [-0.1, -0.05) is 13.0 Å². The maximum absolute atomic E-state index is 12.2. The van der Waals surface area contributed by atoms with Gasteiger partial charge in [0.15, 0.2) is 0 Å². The highest BCUT2D eigenvalue weighted by molar-refractivity contribution is 5.82. The first-order valence-corrected chi connectivity index (χ1v) is 6.35. The second-order valence-corrected chi connectivity index (χ2v) is 4.55. The molecule has 1 saturated heterocycles. The molecule has 0 radical (unpaired) electrons. The van der Waals surface area contributed by atoms with Crippen LogP contribution < -0.4 is 5.32 Å². The SMILES string of the molecule is C=CCC(C)N1CCCC(NCCC)C1=O. The lowest BCUT2D eigenvalue weighted by Gasteiger charge is -2.36. The Morgan fingerprint density at radius 3 is 3.06 bits per heavy atom. The Morgan fingerprint density at radius 1 is 1.69 bits per heavy atom. The third-order valence-corrected chi connectivity index (χ3v) is 3.15. The van der Waals surface area contributed by atoms with Gasteiger partial charge in [-0.2, -0.15) is 0 Å². The van der Waals surface area contributed by atoms with E-state index in [0.717, 1.165) is 38.8 Å². The fourth-order valence-corrected chi connectivity index (χ4v) is 2.21. The number of hydrogen-bond acceptors (Lipinski definition) is 2. The van der Waals surface area contributed by atoms with E-state index in [1.165, 1.54) is 0 Å². The average molecular weight is 224 g/mol. The summed E-state index contributed by atoms with van der Waals surface area (Å²) >= 11 is 0. The zero-order valence-electron chi connectivity index (χ0n) is 10.5. The molecule has 1 aliphatic heterocycles. The van der Waals surface area contributed by atoms with Gasteiger partial charge in [0.1, 0.15) is 0 Å². The van der Waals surface area contributed by atoms with Crippen molar-refractivity contribution >= 4 is 5.91 Å². The summed E-state index contributed by atoms with van der Waals surface area (Å²) in [6, 6.07) is 0.331. The first-order valence-electron chi connectivity index (χ1n) is 6.35. The van der Waals surface area contributed by atoms with Crippen molar-refractivity contribution in [1.82, 2.24) is 10.2 Å². The minimum absolute atomic E-state index is 0.0426. The minimum Gasteiger partial charge on any atom is -0.338 e. The number of amides is 1. The van der Waals surface area contributed by atoms with Crippen molar-refractivity contribution < 1.29 is 4.79 Å². The molecule has 2 atom stereocenters. The molecule has 0 aromatic carbocycles. The zero-order chi connectivity index (χ0) is 12.0. The third kappa shape index (κ3) is 3.34. The molecule has 1 rings (SSSR count). The van der Waals surface area contributed by atoms with E-state index in [1.807, 2.05) is 11.0 Å². The molecule has 0 aliphatic carbocycles. The Hall–Kier alpha value is -0.830. The van der Waals surface area contributed by atoms with Gasteiger partial charge in [0.2, 0.25) is 5.91 Å². The normalized spacial score (nSPS) is 23.2. The van der Waals surface area contributed by atoms with E-state index in [9.17, 15) is 4.79 Å². The molecule has 3 nitrogen and oxygen atoms in total. The molecule has 0 spiro atoms. The largest absolute Gasteiger partial charge is 0.338 e. The van der Waals surface area contributed by atoms with Crippen LogP contribution in [0.4, 0.5) is 0 Å². The summed E-state index contributed by atoms with van der Waals surface area (Å²) < 4.78 is 0. The maximum atomic E-state index is 12.2. The van der Waals surface area contributed by atoms with Crippen LogP contribution in [0.3, 0.4) is 0 Å². The van der Waals surface area contributed by atoms with Crippen molar-refractivity contribution in [3.63, 3.8) is 0 Å². The number of likely N-dealkylation sites (tertiary alicyclic amines) is 1. The molecule has 1 fully saturated rings. The summed E-state index contributed by atoms with van der Waals surface area (Å²) in [4.78, 5) is 14.2. The summed E-state index contributed by atoms with van der Waals surface area (Å²) in [5.74, 6) is 0.272. The molecular formula is C13H24N2O. The number of carbonyl (C=O) groups excluding carboxylic acids is 1. The smallest absolute Gasteiger partial charge is 0.239 e. The topological polar surface area (TPSA) is 32.3 Å². The second-order valence-electron chi connectivity index (χ2n) is 4.55. The first kappa shape index (κ1) is 13.2. The highest BCUT2D eigenvalue weighted by atomic mass is 16.2. The number of rotatable bonds is 6. The van der Waals surface area contributed by atoms with Gasteiger partial charge in [-0.3, -0.25) is 4.79 Å². The molecular weight excluding hydrogens is 200 g/mol. The predicted molar refractivity (Wildman–Crippen MR) is 67.3 cm³/mol. The number of nitrogens with one attached hydrogen (secondary N) is 1. The zero-order valence-corrected chi connectivity index (χ0v) is 10.5. The molecule has 1 aliphatic rings. The second kappa shape index (κ2) is 6.69. The van der Waals surface area contributed by atoms with Gasteiger partial charge in [0, 0.05) is 12.6 Å². The summed E-state index contributed by atoms with van der Waals surface area (Å²) in [7, 11) is 0. The van der Waals surface area contributed by atoms with E-state index in [0.29, 0.717) is 0 Å². The molecule has 3 heteroatoms. The number of carbonyl (C=O) groups is 1. The summed E-state index contributed by atoms with van der Waals surface area (Å²) in [6.07, 6.45) is 5.93. The van der Waals surface area contributed by atoms with Crippen molar-refractivity contribution in [1.29, 1.82) is 0 Å². The molecule has 0 aromatic heterocycles. The average Bonchev–Trinajstić information content (AvgIpc) is 2.28. The Morgan fingerprint density at radius 2 is 2.44 bits per heavy atom. The van der Waals surface area contributed by atoms with Crippen molar-refractivity contribution in [3.8, 4) is 0 Å². The molecule has 92 valence electrons. The van der Waals surface area contributed by atoms with Gasteiger partial charge in [-0.05, 0) is 39.2 Å². The molecule has 1 amide bonds. The van der Waals surface area contributed by atoms with E-state index in [-0.39, 0.29) is 18.0 Å². The standard InChI is InChI=1S/C13H24N2O/c1-4-7-11(3)15-10-6-8-12(13(15)16)14-9-5-2/h4,11-12,14H,1,5-10H2,2-3H3. The van der Waals surface area contributed by atoms with Crippen LogP contribution >= 0.6 is 0 Å². The van der Waals surface area contributed by atoms with Crippen LogP contribution in [0.5, 0.6) is 0 Å². The molecule has 1 N–H and O–H groups in total. The van der Waals surface area contributed by atoms with E-state index in [1.54, 1.807) is 0 Å². The number of piperidine rings is 1. The fraction of sp³-hybridized carbons (Fsp3) is 0.769. The highest BCUT2D eigenvalue weighted by Gasteiger charge is 2.30. The van der Waals surface area contributed by atoms with Crippen LogP contribution in [-0.2, 0) is 4.79 Å². The third-order valence-electron chi connectivity index (χ3n) is 3.15. The van der Waals surface area contributed by atoms with Crippen LogP contribution in [-0.4, -0.2) is 36.0 Å². The van der Waals surface area contributed by atoms with Gasteiger partial charge in [0.05, 0.1) is 6.04 Å². The predicted octanol–water partition coefficient (Wildman–Crippen LogP) is 1.94. The van der Waals surface area contributed by atoms with Crippen molar-refractivity contribution in [2.75, 3.05) is 13.1 Å². The van der Waals surface area contributed by atoms with Gasteiger partial charge >= 0.3 is 0 Å². The number of nitrogens with zero attached hydrogens (tertiary/aromatic N) is 1. The first-order chi connectivity index (χ1) is 7.70. The van der Waals surface area contributed by atoms with Gasteiger partial charge in [0.25, 0.3) is 0 Å². The van der Waals surface area contributed by atoms with Crippen LogP contribution in [0.2, 0.25) is 0 Å². The van der Waals surface area contributed by atoms with Gasteiger partial charge in [-0.15, -0.1) is 6.58 Å². The molecule has 1 heterocycles. The van der Waals surface area contributed by atoms with Crippen molar-refractivity contribution in [2.24, 2.45) is 0 Å². The van der Waals surface area contributed by atoms with Crippen LogP contribution in [0.15, 0.2) is 12.7 Å². The van der Waals surface area contributed by atoms with Crippen molar-refractivity contribution in [3.05, 3.63) is 12.7 Å². The van der Waals surface area contributed by atoms with Crippen LogP contribution in [0, 0.1) is 0 Å². The van der Waals surface area contributed by atoms with Crippen LogP contribution in [0.25, 0.3) is 0 Å².